The number of benzene rings is 1. The monoisotopic (exact) mass is 285 g/mol. The average molecular weight is 285 g/mol. The van der Waals surface area contributed by atoms with E-state index in [9.17, 15) is 18.0 Å². The summed E-state index contributed by atoms with van der Waals surface area (Å²) in [5, 5.41) is 0.509. The molecule has 2 rings (SSSR count). The molecule has 0 saturated carbocycles. The highest BCUT2D eigenvalue weighted by molar-refractivity contribution is 6.03. The number of hydrogen-bond acceptors (Lipinski definition) is 4. The number of esters is 1. The second-order valence-corrected chi connectivity index (χ2v) is 3.94. The summed E-state index contributed by atoms with van der Waals surface area (Å²) in [5.74, 6) is -0.531. The standard InChI is InChI=1S/C13H10F3NO3/c1-19-12(18)10-4-5-17-11-6-8(2-3-9(10)11)7-20-13(14,15)16/h2-6H,7H2,1H3. The zero-order valence-corrected chi connectivity index (χ0v) is 10.4. The Hall–Kier alpha value is -2.15. The third-order valence-electron chi connectivity index (χ3n) is 2.61. The average Bonchev–Trinajstić information content (AvgIpc) is 2.42. The van der Waals surface area contributed by atoms with Crippen molar-refractivity contribution in [3.05, 3.63) is 41.6 Å². The van der Waals surface area contributed by atoms with Crippen LogP contribution in [-0.2, 0) is 16.1 Å². The minimum atomic E-state index is -4.68. The molecular formula is C13H10F3NO3. The molecule has 2 aromatic rings. The molecule has 0 amide bonds. The number of nitrogens with zero attached hydrogens (tertiary/aromatic N) is 1. The molecular weight excluding hydrogens is 275 g/mol. The summed E-state index contributed by atoms with van der Waals surface area (Å²) in [7, 11) is 1.25. The molecule has 0 unspecified atom stereocenters. The van der Waals surface area contributed by atoms with E-state index in [1.165, 1.54) is 37.6 Å². The van der Waals surface area contributed by atoms with Crippen LogP contribution in [0.25, 0.3) is 10.9 Å². The van der Waals surface area contributed by atoms with Gasteiger partial charge in [0, 0.05) is 11.6 Å². The molecule has 0 saturated heterocycles. The number of alkyl halides is 3. The lowest BCUT2D eigenvalue weighted by Crippen LogP contribution is -2.12. The van der Waals surface area contributed by atoms with E-state index in [4.69, 9.17) is 0 Å². The van der Waals surface area contributed by atoms with Crippen molar-refractivity contribution in [2.24, 2.45) is 0 Å². The smallest absolute Gasteiger partial charge is 0.465 e. The quantitative estimate of drug-likeness (QED) is 0.813. The van der Waals surface area contributed by atoms with Gasteiger partial charge in [-0.05, 0) is 17.7 Å². The summed E-state index contributed by atoms with van der Waals surface area (Å²) in [4.78, 5) is 15.6. The number of halogens is 3. The number of carbonyl (C=O) groups is 1. The van der Waals surface area contributed by atoms with E-state index in [1.807, 2.05) is 0 Å². The highest BCUT2D eigenvalue weighted by Crippen LogP contribution is 2.22. The van der Waals surface area contributed by atoms with Crippen molar-refractivity contribution >= 4 is 16.9 Å². The van der Waals surface area contributed by atoms with Crippen molar-refractivity contribution in [3.8, 4) is 0 Å². The van der Waals surface area contributed by atoms with Gasteiger partial charge in [-0.2, -0.15) is 0 Å². The molecule has 1 heterocycles. The van der Waals surface area contributed by atoms with E-state index in [-0.39, 0.29) is 0 Å². The normalized spacial score (nSPS) is 11.6. The highest BCUT2D eigenvalue weighted by Gasteiger charge is 2.28. The first-order chi connectivity index (χ1) is 9.40. The first-order valence-corrected chi connectivity index (χ1v) is 5.57. The van der Waals surface area contributed by atoms with Crippen molar-refractivity contribution in [3.63, 3.8) is 0 Å². The van der Waals surface area contributed by atoms with Crippen LogP contribution >= 0.6 is 0 Å². The third-order valence-corrected chi connectivity index (χ3v) is 2.61. The molecule has 0 radical (unpaired) electrons. The Morgan fingerprint density at radius 2 is 2.05 bits per heavy atom. The molecule has 20 heavy (non-hydrogen) atoms. The van der Waals surface area contributed by atoms with Crippen LogP contribution in [0, 0.1) is 0 Å². The Morgan fingerprint density at radius 1 is 1.30 bits per heavy atom. The van der Waals surface area contributed by atoms with Crippen LogP contribution in [0.3, 0.4) is 0 Å². The van der Waals surface area contributed by atoms with Crippen LogP contribution in [0.4, 0.5) is 13.2 Å². The lowest BCUT2D eigenvalue weighted by atomic mass is 10.1. The molecule has 0 aliphatic heterocycles. The molecule has 0 spiro atoms. The largest absolute Gasteiger partial charge is 0.522 e. The number of fused-ring (bicyclic) bond motifs is 1. The van der Waals surface area contributed by atoms with E-state index in [0.717, 1.165) is 0 Å². The Labute approximate surface area is 112 Å². The molecule has 0 aliphatic carbocycles. The zero-order chi connectivity index (χ0) is 14.8. The van der Waals surface area contributed by atoms with Gasteiger partial charge < -0.3 is 4.74 Å². The van der Waals surface area contributed by atoms with Crippen molar-refractivity contribution in [1.29, 1.82) is 0 Å². The number of rotatable bonds is 3. The first-order valence-electron chi connectivity index (χ1n) is 5.57. The molecule has 0 atom stereocenters. The second kappa shape index (κ2) is 5.46. The topological polar surface area (TPSA) is 48.4 Å². The number of pyridine rings is 1. The van der Waals surface area contributed by atoms with E-state index in [0.29, 0.717) is 22.0 Å². The van der Waals surface area contributed by atoms with Crippen molar-refractivity contribution in [2.45, 2.75) is 13.0 Å². The number of methoxy groups -OCH3 is 1. The molecule has 0 bridgehead atoms. The summed E-state index contributed by atoms with van der Waals surface area (Å²) in [6.45, 7) is -0.608. The summed E-state index contributed by atoms with van der Waals surface area (Å²) in [5.41, 5.74) is 1.02. The molecule has 0 fully saturated rings. The molecule has 0 N–H and O–H groups in total. The van der Waals surface area contributed by atoms with E-state index < -0.39 is 18.9 Å². The number of ether oxygens (including phenoxy) is 2. The number of hydrogen-bond donors (Lipinski definition) is 0. The van der Waals surface area contributed by atoms with Gasteiger partial charge in [0.2, 0.25) is 0 Å². The lowest BCUT2D eigenvalue weighted by Gasteiger charge is -2.09. The number of aromatic nitrogens is 1. The molecule has 4 nitrogen and oxygen atoms in total. The van der Waals surface area contributed by atoms with Crippen LogP contribution in [-0.4, -0.2) is 24.4 Å². The van der Waals surface area contributed by atoms with E-state index in [2.05, 4.69) is 14.5 Å². The lowest BCUT2D eigenvalue weighted by molar-refractivity contribution is -0.330. The number of carbonyl (C=O) groups excluding carboxylic acids is 1. The van der Waals surface area contributed by atoms with Crippen LogP contribution in [0.2, 0.25) is 0 Å². The van der Waals surface area contributed by atoms with Gasteiger partial charge in [-0.25, -0.2) is 4.79 Å². The maximum Gasteiger partial charge on any atom is 0.522 e. The summed E-state index contributed by atoms with van der Waals surface area (Å²) in [6, 6.07) is 5.89. The fraction of sp³-hybridized carbons (Fsp3) is 0.231. The van der Waals surface area contributed by atoms with Gasteiger partial charge >= 0.3 is 12.3 Å². The first kappa shape index (κ1) is 14.3. The maximum absolute atomic E-state index is 12.0. The van der Waals surface area contributed by atoms with Crippen LogP contribution < -0.4 is 0 Å². The summed E-state index contributed by atoms with van der Waals surface area (Å²) >= 11 is 0. The fourth-order valence-electron chi connectivity index (χ4n) is 1.74. The minimum absolute atomic E-state index is 0.306. The Morgan fingerprint density at radius 3 is 2.70 bits per heavy atom. The van der Waals surface area contributed by atoms with Gasteiger partial charge in [0.05, 0.1) is 24.8 Å². The second-order valence-electron chi connectivity index (χ2n) is 3.94. The Kier molecular flexibility index (Phi) is 3.89. The maximum atomic E-state index is 12.0. The molecule has 0 aliphatic rings. The van der Waals surface area contributed by atoms with Gasteiger partial charge in [0.25, 0.3) is 0 Å². The zero-order valence-electron chi connectivity index (χ0n) is 10.4. The summed E-state index contributed by atoms with van der Waals surface area (Å²) < 4.78 is 44.3. The molecule has 1 aromatic carbocycles. The van der Waals surface area contributed by atoms with Crippen molar-refractivity contribution in [2.75, 3.05) is 7.11 Å². The van der Waals surface area contributed by atoms with Crippen LogP contribution in [0.15, 0.2) is 30.5 Å². The predicted molar refractivity (Wildman–Crippen MR) is 63.9 cm³/mol. The minimum Gasteiger partial charge on any atom is -0.465 e. The Bertz CT molecular complexity index is 640. The van der Waals surface area contributed by atoms with Gasteiger partial charge in [-0.15, -0.1) is 13.2 Å². The third kappa shape index (κ3) is 3.24. The SMILES string of the molecule is COC(=O)c1ccnc2cc(COC(F)(F)F)ccc12. The van der Waals surface area contributed by atoms with E-state index >= 15 is 0 Å². The Balaban J connectivity index is 2.34. The fourth-order valence-corrected chi connectivity index (χ4v) is 1.74. The van der Waals surface area contributed by atoms with E-state index in [1.54, 1.807) is 0 Å². The van der Waals surface area contributed by atoms with Crippen molar-refractivity contribution in [1.82, 2.24) is 4.98 Å². The van der Waals surface area contributed by atoms with Gasteiger partial charge in [0.15, 0.2) is 0 Å². The highest BCUT2D eigenvalue weighted by atomic mass is 19.4. The molecule has 1 aromatic heterocycles. The van der Waals surface area contributed by atoms with Gasteiger partial charge in [-0.3, -0.25) is 9.72 Å². The van der Waals surface area contributed by atoms with Crippen molar-refractivity contribution < 1.29 is 27.4 Å². The van der Waals surface area contributed by atoms with Gasteiger partial charge in [0.1, 0.15) is 0 Å². The summed E-state index contributed by atoms with van der Waals surface area (Å²) in [6.07, 6.45) is -3.29. The van der Waals surface area contributed by atoms with Gasteiger partial charge in [-0.1, -0.05) is 12.1 Å². The van der Waals surface area contributed by atoms with Crippen LogP contribution in [0.1, 0.15) is 15.9 Å². The predicted octanol–water partition coefficient (Wildman–Crippen LogP) is 3.06. The molecule has 106 valence electrons. The molecule has 7 heteroatoms. The van der Waals surface area contributed by atoms with Crippen LogP contribution in [0.5, 0.6) is 0 Å².